The van der Waals surface area contributed by atoms with Gasteiger partial charge in [-0.2, -0.15) is 4.98 Å². The summed E-state index contributed by atoms with van der Waals surface area (Å²) in [6.07, 6.45) is 1.62. The first-order valence-electron chi connectivity index (χ1n) is 7.96. The van der Waals surface area contributed by atoms with E-state index < -0.39 is 0 Å². The Labute approximate surface area is 148 Å². The third-order valence-electron chi connectivity index (χ3n) is 3.64. The van der Waals surface area contributed by atoms with Crippen molar-refractivity contribution in [1.29, 1.82) is 0 Å². The third-order valence-corrected chi connectivity index (χ3v) is 4.62. The lowest BCUT2D eigenvalue weighted by molar-refractivity contribution is 0.383. The number of thioether (sulfide) groups is 1. The average Bonchev–Trinajstić information content (AvgIpc) is 3.31. The number of benzene rings is 1. The maximum Gasteiger partial charge on any atom is 0.237 e. The van der Waals surface area contributed by atoms with E-state index in [4.69, 9.17) is 8.94 Å². The standard InChI is InChI=1S/C18H16N4O2S/c1-11(2)16-20-15(24-22-16)10-25-18-12-6-3-4-7-13(12)19-17(21-18)14-8-5-9-23-14/h3-9,11H,10H2,1-2H3. The first-order valence-corrected chi connectivity index (χ1v) is 8.95. The minimum absolute atomic E-state index is 0.243. The molecule has 0 N–H and O–H groups in total. The zero-order valence-corrected chi connectivity index (χ0v) is 14.7. The van der Waals surface area contributed by atoms with Crippen molar-refractivity contribution in [2.75, 3.05) is 0 Å². The lowest BCUT2D eigenvalue weighted by Gasteiger charge is -2.06. The van der Waals surface area contributed by atoms with Crippen molar-refractivity contribution in [2.45, 2.75) is 30.5 Å². The second-order valence-electron chi connectivity index (χ2n) is 5.84. The van der Waals surface area contributed by atoms with Crippen LogP contribution in [0.4, 0.5) is 0 Å². The van der Waals surface area contributed by atoms with Crippen LogP contribution in [-0.2, 0) is 5.75 Å². The van der Waals surface area contributed by atoms with Crippen molar-refractivity contribution in [3.05, 3.63) is 54.4 Å². The highest BCUT2D eigenvalue weighted by atomic mass is 32.2. The van der Waals surface area contributed by atoms with E-state index in [-0.39, 0.29) is 5.92 Å². The fourth-order valence-corrected chi connectivity index (χ4v) is 3.22. The molecule has 7 heteroatoms. The number of aromatic nitrogens is 4. The monoisotopic (exact) mass is 352 g/mol. The zero-order valence-electron chi connectivity index (χ0n) is 13.8. The summed E-state index contributed by atoms with van der Waals surface area (Å²) >= 11 is 1.55. The summed E-state index contributed by atoms with van der Waals surface area (Å²) in [5, 5.41) is 5.86. The lowest BCUT2D eigenvalue weighted by Crippen LogP contribution is -1.94. The molecule has 0 aliphatic heterocycles. The highest BCUT2D eigenvalue weighted by Crippen LogP contribution is 2.30. The molecule has 0 unspecified atom stereocenters. The van der Waals surface area contributed by atoms with Crippen molar-refractivity contribution in [2.24, 2.45) is 0 Å². The van der Waals surface area contributed by atoms with E-state index in [2.05, 4.69) is 20.1 Å². The Kier molecular flexibility index (Phi) is 4.23. The van der Waals surface area contributed by atoms with E-state index in [0.29, 0.717) is 23.2 Å². The summed E-state index contributed by atoms with van der Waals surface area (Å²) in [6.45, 7) is 4.07. The molecule has 1 aromatic carbocycles. The molecular weight excluding hydrogens is 336 g/mol. The number of para-hydroxylation sites is 1. The number of hydrogen-bond donors (Lipinski definition) is 0. The molecule has 0 amide bonds. The van der Waals surface area contributed by atoms with Crippen LogP contribution < -0.4 is 0 Å². The van der Waals surface area contributed by atoms with Crippen molar-refractivity contribution >= 4 is 22.7 Å². The van der Waals surface area contributed by atoms with Crippen LogP contribution in [0.25, 0.3) is 22.5 Å². The average molecular weight is 352 g/mol. The van der Waals surface area contributed by atoms with E-state index in [1.165, 1.54) is 0 Å². The van der Waals surface area contributed by atoms with Crippen LogP contribution in [0.1, 0.15) is 31.5 Å². The van der Waals surface area contributed by atoms with Gasteiger partial charge in [-0.1, -0.05) is 49.0 Å². The van der Waals surface area contributed by atoms with E-state index in [0.717, 1.165) is 21.8 Å². The molecule has 126 valence electrons. The summed E-state index contributed by atoms with van der Waals surface area (Å²) in [4.78, 5) is 13.7. The quantitative estimate of drug-likeness (QED) is 0.381. The predicted molar refractivity (Wildman–Crippen MR) is 95.2 cm³/mol. The largest absolute Gasteiger partial charge is 0.461 e. The zero-order chi connectivity index (χ0) is 17.2. The van der Waals surface area contributed by atoms with Gasteiger partial charge in [0.1, 0.15) is 5.03 Å². The number of hydrogen-bond acceptors (Lipinski definition) is 7. The smallest absolute Gasteiger partial charge is 0.237 e. The fraction of sp³-hybridized carbons (Fsp3) is 0.222. The SMILES string of the molecule is CC(C)c1noc(CSc2nc(-c3ccco3)nc3ccccc23)n1. The summed E-state index contributed by atoms with van der Waals surface area (Å²) < 4.78 is 10.8. The Morgan fingerprint density at radius 3 is 2.68 bits per heavy atom. The topological polar surface area (TPSA) is 77.8 Å². The summed E-state index contributed by atoms with van der Waals surface area (Å²) in [5.74, 6) is 3.33. The van der Waals surface area contributed by atoms with Gasteiger partial charge in [-0.05, 0) is 18.2 Å². The van der Waals surface area contributed by atoms with Crippen LogP contribution in [0.15, 0.2) is 56.6 Å². The van der Waals surface area contributed by atoms with Crippen LogP contribution in [-0.4, -0.2) is 20.1 Å². The molecule has 0 fully saturated rings. The highest BCUT2D eigenvalue weighted by molar-refractivity contribution is 7.98. The fourth-order valence-electron chi connectivity index (χ4n) is 2.36. The van der Waals surface area contributed by atoms with Gasteiger partial charge in [0, 0.05) is 11.3 Å². The van der Waals surface area contributed by atoms with Gasteiger partial charge in [0.25, 0.3) is 0 Å². The molecule has 25 heavy (non-hydrogen) atoms. The van der Waals surface area contributed by atoms with Crippen molar-refractivity contribution in [3.8, 4) is 11.6 Å². The predicted octanol–water partition coefficient (Wildman–Crippen LogP) is 4.69. The second-order valence-corrected chi connectivity index (χ2v) is 6.80. The Bertz CT molecular complexity index is 995. The van der Waals surface area contributed by atoms with Gasteiger partial charge in [-0.3, -0.25) is 0 Å². The summed E-state index contributed by atoms with van der Waals surface area (Å²) in [5.41, 5.74) is 0.875. The van der Waals surface area contributed by atoms with E-state index in [1.807, 2.05) is 50.2 Å². The Morgan fingerprint density at radius 1 is 1.04 bits per heavy atom. The number of furan rings is 1. The third kappa shape index (κ3) is 3.28. The molecule has 0 aliphatic rings. The summed E-state index contributed by atoms with van der Waals surface area (Å²) in [7, 11) is 0. The van der Waals surface area contributed by atoms with E-state index in [9.17, 15) is 0 Å². The highest BCUT2D eigenvalue weighted by Gasteiger charge is 2.14. The Balaban J connectivity index is 1.67. The lowest BCUT2D eigenvalue weighted by atomic mass is 10.2. The van der Waals surface area contributed by atoms with Gasteiger partial charge in [0.15, 0.2) is 17.4 Å². The van der Waals surface area contributed by atoms with Crippen molar-refractivity contribution in [1.82, 2.24) is 20.1 Å². The first-order chi connectivity index (χ1) is 12.2. The molecule has 4 aromatic rings. The molecule has 4 rings (SSSR count). The molecule has 0 saturated carbocycles. The Hall–Kier alpha value is -2.67. The number of fused-ring (bicyclic) bond motifs is 1. The minimum Gasteiger partial charge on any atom is -0.461 e. The molecular formula is C18H16N4O2S. The molecule has 0 radical (unpaired) electrons. The van der Waals surface area contributed by atoms with Crippen molar-refractivity contribution < 1.29 is 8.94 Å². The van der Waals surface area contributed by atoms with Gasteiger partial charge in [0.2, 0.25) is 5.89 Å². The van der Waals surface area contributed by atoms with Crippen LogP contribution in [0.3, 0.4) is 0 Å². The summed E-state index contributed by atoms with van der Waals surface area (Å²) in [6, 6.07) is 11.6. The first kappa shape index (κ1) is 15.8. The minimum atomic E-state index is 0.243. The van der Waals surface area contributed by atoms with E-state index >= 15 is 0 Å². The van der Waals surface area contributed by atoms with Gasteiger partial charge >= 0.3 is 0 Å². The van der Waals surface area contributed by atoms with Gasteiger partial charge in [-0.25, -0.2) is 9.97 Å². The van der Waals surface area contributed by atoms with Crippen LogP contribution in [0, 0.1) is 0 Å². The maximum absolute atomic E-state index is 5.44. The molecule has 0 saturated heterocycles. The number of nitrogens with zero attached hydrogens (tertiary/aromatic N) is 4. The van der Waals surface area contributed by atoms with Crippen molar-refractivity contribution in [3.63, 3.8) is 0 Å². The van der Waals surface area contributed by atoms with Crippen LogP contribution in [0.5, 0.6) is 0 Å². The van der Waals surface area contributed by atoms with Gasteiger partial charge in [-0.15, -0.1) is 0 Å². The molecule has 0 aliphatic carbocycles. The maximum atomic E-state index is 5.44. The van der Waals surface area contributed by atoms with Crippen LogP contribution >= 0.6 is 11.8 Å². The van der Waals surface area contributed by atoms with Gasteiger partial charge in [0.05, 0.1) is 17.5 Å². The van der Waals surface area contributed by atoms with Crippen LogP contribution in [0.2, 0.25) is 0 Å². The molecule has 0 bridgehead atoms. The second kappa shape index (κ2) is 6.68. The molecule has 0 atom stereocenters. The van der Waals surface area contributed by atoms with E-state index in [1.54, 1.807) is 18.0 Å². The van der Waals surface area contributed by atoms with Gasteiger partial charge < -0.3 is 8.94 Å². The normalized spacial score (nSPS) is 11.5. The molecule has 0 spiro atoms. The Morgan fingerprint density at radius 2 is 1.92 bits per heavy atom. The molecule has 6 nitrogen and oxygen atoms in total. The number of rotatable bonds is 5. The molecule has 3 aromatic heterocycles. The molecule has 3 heterocycles.